The Labute approximate surface area is 101 Å². The van der Waals surface area contributed by atoms with Crippen LogP contribution in [0.15, 0.2) is 36.7 Å². The van der Waals surface area contributed by atoms with Gasteiger partial charge in [0.15, 0.2) is 0 Å². The van der Waals surface area contributed by atoms with Gasteiger partial charge in [-0.2, -0.15) is 13.2 Å². The molecule has 94 valence electrons. The molecular formula is C12H9F3N2O. The smallest absolute Gasteiger partial charge is 0.416 e. The van der Waals surface area contributed by atoms with Gasteiger partial charge in [-0.25, -0.2) is 9.97 Å². The van der Waals surface area contributed by atoms with Crippen molar-refractivity contribution in [1.82, 2.24) is 9.97 Å². The molecule has 0 unspecified atom stereocenters. The van der Waals surface area contributed by atoms with Crippen molar-refractivity contribution in [2.75, 3.05) is 7.11 Å². The summed E-state index contributed by atoms with van der Waals surface area (Å²) in [6.07, 6.45) is -1.34. The third-order valence-corrected chi connectivity index (χ3v) is 2.36. The largest absolute Gasteiger partial charge is 0.467 e. The summed E-state index contributed by atoms with van der Waals surface area (Å²) in [5.41, 5.74) is 0.566. The highest BCUT2D eigenvalue weighted by Gasteiger charge is 2.29. The van der Waals surface area contributed by atoms with Crippen LogP contribution in [0, 0.1) is 0 Å². The molecule has 0 aliphatic carbocycles. The van der Waals surface area contributed by atoms with Gasteiger partial charge in [0.2, 0.25) is 0 Å². The van der Waals surface area contributed by atoms with E-state index in [-0.39, 0.29) is 6.01 Å². The van der Waals surface area contributed by atoms with Crippen LogP contribution in [0.3, 0.4) is 0 Å². The average Bonchev–Trinajstić information content (AvgIpc) is 2.38. The summed E-state index contributed by atoms with van der Waals surface area (Å²) in [4.78, 5) is 7.78. The fraction of sp³-hybridized carbons (Fsp3) is 0.167. The van der Waals surface area contributed by atoms with Crippen LogP contribution in [0.2, 0.25) is 0 Å². The number of halogens is 3. The number of aromatic nitrogens is 2. The Morgan fingerprint density at radius 3 is 1.94 bits per heavy atom. The maximum absolute atomic E-state index is 12.4. The number of hydrogen-bond donors (Lipinski definition) is 0. The molecule has 2 aromatic rings. The van der Waals surface area contributed by atoms with E-state index in [1.54, 1.807) is 0 Å². The second kappa shape index (κ2) is 4.64. The number of methoxy groups -OCH3 is 1. The van der Waals surface area contributed by atoms with Gasteiger partial charge >= 0.3 is 12.2 Å². The summed E-state index contributed by atoms with van der Waals surface area (Å²) in [6.45, 7) is 0. The lowest BCUT2D eigenvalue weighted by atomic mass is 10.1. The van der Waals surface area contributed by atoms with Gasteiger partial charge in [0.05, 0.1) is 12.7 Å². The second-order valence-electron chi connectivity index (χ2n) is 3.53. The van der Waals surface area contributed by atoms with Crippen LogP contribution >= 0.6 is 0 Å². The molecule has 0 N–H and O–H groups in total. The molecule has 18 heavy (non-hydrogen) atoms. The Hall–Kier alpha value is -2.11. The molecule has 1 heterocycles. The molecule has 0 aliphatic heterocycles. The molecule has 0 atom stereocenters. The number of hydrogen-bond acceptors (Lipinski definition) is 3. The Morgan fingerprint density at radius 2 is 1.50 bits per heavy atom. The van der Waals surface area contributed by atoms with Gasteiger partial charge in [0, 0.05) is 18.0 Å². The van der Waals surface area contributed by atoms with E-state index in [2.05, 4.69) is 9.97 Å². The number of alkyl halides is 3. The van der Waals surface area contributed by atoms with Crippen LogP contribution in [-0.2, 0) is 6.18 Å². The summed E-state index contributed by atoms with van der Waals surface area (Å²) in [6, 6.07) is 5.03. The lowest BCUT2D eigenvalue weighted by Crippen LogP contribution is -2.04. The Kier molecular flexibility index (Phi) is 3.18. The van der Waals surface area contributed by atoms with Gasteiger partial charge in [0.25, 0.3) is 0 Å². The van der Waals surface area contributed by atoms with Gasteiger partial charge in [-0.05, 0) is 17.7 Å². The fourth-order valence-corrected chi connectivity index (χ4v) is 1.42. The van der Waals surface area contributed by atoms with Crippen molar-refractivity contribution in [3.8, 4) is 17.1 Å². The molecule has 3 nitrogen and oxygen atoms in total. The van der Waals surface area contributed by atoms with Gasteiger partial charge in [0.1, 0.15) is 0 Å². The molecule has 0 saturated carbocycles. The zero-order chi connectivity index (χ0) is 13.2. The summed E-state index contributed by atoms with van der Waals surface area (Å²) in [7, 11) is 1.44. The summed E-state index contributed by atoms with van der Waals surface area (Å²) < 4.78 is 41.9. The predicted molar refractivity (Wildman–Crippen MR) is 59.0 cm³/mol. The van der Waals surface area contributed by atoms with Crippen molar-refractivity contribution in [2.45, 2.75) is 6.18 Å². The van der Waals surface area contributed by atoms with Crippen LogP contribution in [-0.4, -0.2) is 17.1 Å². The highest BCUT2D eigenvalue weighted by atomic mass is 19.4. The number of benzene rings is 1. The minimum Gasteiger partial charge on any atom is -0.467 e. The van der Waals surface area contributed by atoms with E-state index < -0.39 is 11.7 Å². The van der Waals surface area contributed by atoms with Gasteiger partial charge in [-0.3, -0.25) is 0 Å². The summed E-state index contributed by atoms with van der Waals surface area (Å²) >= 11 is 0. The molecule has 0 amide bonds. The first kappa shape index (κ1) is 12.3. The normalized spacial score (nSPS) is 11.3. The third-order valence-electron chi connectivity index (χ3n) is 2.36. The molecule has 0 saturated heterocycles. The zero-order valence-electron chi connectivity index (χ0n) is 9.40. The molecular weight excluding hydrogens is 245 g/mol. The SMILES string of the molecule is COc1ncc(-c2ccc(C(F)(F)F)cc2)cn1. The van der Waals surface area contributed by atoms with Crippen molar-refractivity contribution >= 4 is 0 Å². The molecule has 1 aromatic heterocycles. The monoisotopic (exact) mass is 254 g/mol. The van der Waals surface area contributed by atoms with Crippen LogP contribution in [0.25, 0.3) is 11.1 Å². The maximum Gasteiger partial charge on any atom is 0.416 e. The van der Waals surface area contributed by atoms with Gasteiger partial charge < -0.3 is 4.74 Å². The summed E-state index contributed by atoms with van der Waals surface area (Å²) in [5, 5.41) is 0. The first-order valence-corrected chi connectivity index (χ1v) is 5.04. The molecule has 0 bridgehead atoms. The third kappa shape index (κ3) is 2.58. The van der Waals surface area contributed by atoms with E-state index in [9.17, 15) is 13.2 Å². The number of rotatable bonds is 2. The quantitative estimate of drug-likeness (QED) is 0.825. The minimum atomic E-state index is -4.32. The maximum atomic E-state index is 12.4. The van der Waals surface area contributed by atoms with Crippen LogP contribution in [0.1, 0.15) is 5.56 Å². The molecule has 0 fully saturated rings. The topological polar surface area (TPSA) is 35.0 Å². The minimum absolute atomic E-state index is 0.214. The standard InChI is InChI=1S/C12H9F3N2O/c1-18-11-16-6-9(7-17-11)8-2-4-10(5-3-8)12(13,14)15/h2-7H,1H3. The van der Waals surface area contributed by atoms with E-state index in [0.29, 0.717) is 11.1 Å². The Balaban J connectivity index is 2.28. The van der Waals surface area contributed by atoms with Crippen molar-refractivity contribution in [3.63, 3.8) is 0 Å². The van der Waals surface area contributed by atoms with E-state index in [0.717, 1.165) is 12.1 Å². The van der Waals surface area contributed by atoms with Crippen molar-refractivity contribution < 1.29 is 17.9 Å². The lowest BCUT2D eigenvalue weighted by molar-refractivity contribution is -0.137. The zero-order valence-corrected chi connectivity index (χ0v) is 9.40. The first-order valence-electron chi connectivity index (χ1n) is 5.04. The number of nitrogens with zero attached hydrogens (tertiary/aromatic N) is 2. The molecule has 0 radical (unpaired) electrons. The van der Waals surface area contributed by atoms with Crippen LogP contribution in [0.5, 0.6) is 6.01 Å². The Bertz CT molecular complexity index is 521. The second-order valence-corrected chi connectivity index (χ2v) is 3.53. The molecule has 0 spiro atoms. The van der Waals surface area contributed by atoms with Crippen molar-refractivity contribution in [1.29, 1.82) is 0 Å². The van der Waals surface area contributed by atoms with Gasteiger partial charge in [-0.15, -0.1) is 0 Å². The highest BCUT2D eigenvalue weighted by molar-refractivity contribution is 5.61. The van der Waals surface area contributed by atoms with Gasteiger partial charge in [-0.1, -0.05) is 12.1 Å². The Morgan fingerprint density at radius 1 is 0.944 bits per heavy atom. The van der Waals surface area contributed by atoms with E-state index in [1.165, 1.54) is 31.6 Å². The van der Waals surface area contributed by atoms with Crippen molar-refractivity contribution in [3.05, 3.63) is 42.2 Å². The molecule has 2 rings (SSSR count). The van der Waals surface area contributed by atoms with Crippen LogP contribution in [0.4, 0.5) is 13.2 Å². The molecule has 1 aromatic carbocycles. The van der Waals surface area contributed by atoms with E-state index >= 15 is 0 Å². The van der Waals surface area contributed by atoms with E-state index in [4.69, 9.17) is 4.74 Å². The van der Waals surface area contributed by atoms with E-state index in [1.807, 2.05) is 0 Å². The highest BCUT2D eigenvalue weighted by Crippen LogP contribution is 2.30. The van der Waals surface area contributed by atoms with Crippen LogP contribution < -0.4 is 4.74 Å². The molecule has 6 heteroatoms. The van der Waals surface area contributed by atoms with Crippen molar-refractivity contribution in [2.24, 2.45) is 0 Å². The molecule has 0 aliphatic rings. The predicted octanol–water partition coefficient (Wildman–Crippen LogP) is 3.17. The first-order chi connectivity index (χ1) is 8.50. The fourth-order valence-electron chi connectivity index (χ4n) is 1.42. The lowest BCUT2D eigenvalue weighted by Gasteiger charge is -2.07. The average molecular weight is 254 g/mol. The summed E-state index contributed by atoms with van der Waals surface area (Å²) in [5.74, 6) is 0. The number of ether oxygens (including phenoxy) is 1.